The average Bonchev–Trinajstić information content (AvgIpc) is 2.04. The zero-order chi connectivity index (χ0) is 8.97. The van der Waals surface area contributed by atoms with Gasteiger partial charge in [-0.25, -0.2) is 8.78 Å². The Bertz CT molecular complexity index is 274. The topological polar surface area (TPSA) is 0 Å². The van der Waals surface area contributed by atoms with Gasteiger partial charge in [0.1, 0.15) is 11.6 Å². The van der Waals surface area contributed by atoms with Crippen LogP contribution in [0.4, 0.5) is 8.78 Å². The zero-order valence-electron chi connectivity index (χ0n) is 6.23. The van der Waals surface area contributed by atoms with Gasteiger partial charge >= 0.3 is 0 Å². The van der Waals surface area contributed by atoms with Gasteiger partial charge in [0.15, 0.2) is 0 Å². The van der Waals surface area contributed by atoms with E-state index < -0.39 is 11.6 Å². The van der Waals surface area contributed by atoms with Crippen molar-refractivity contribution in [2.24, 2.45) is 0 Å². The Labute approximate surface area is 78.0 Å². The molecule has 0 saturated carbocycles. The Morgan fingerprint density at radius 1 is 1.25 bits per heavy atom. The lowest BCUT2D eigenvalue weighted by molar-refractivity contribution is 0.578. The van der Waals surface area contributed by atoms with E-state index in [-0.39, 0.29) is 5.56 Å². The molecule has 0 aliphatic heterocycles. The minimum atomic E-state index is -0.535. The second-order valence-corrected chi connectivity index (χ2v) is 2.84. The van der Waals surface area contributed by atoms with Gasteiger partial charge in [-0.05, 0) is 12.1 Å². The van der Waals surface area contributed by atoms with Gasteiger partial charge in [-0.3, -0.25) is 0 Å². The number of rotatable bonds is 2. The molecule has 0 saturated heterocycles. The standard InChI is InChI=1S/C9H7BrF2/c10-6-2-3-7-8(11)4-1-5-9(7)12/h1-5H,6H2. The summed E-state index contributed by atoms with van der Waals surface area (Å²) in [5.41, 5.74) is 0.0111. The fourth-order valence-corrected chi connectivity index (χ4v) is 1.02. The second kappa shape index (κ2) is 4.36. The first-order valence-corrected chi connectivity index (χ1v) is 4.54. The van der Waals surface area contributed by atoms with Crippen LogP contribution in [-0.4, -0.2) is 5.33 Å². The molecule has 3 heteroatoms. The van der Waals surface area contributed by atoms with Crippen molar-refractivity contribution in [3.8, 4) is 0 Å². The van der Waals surface area contributed by atoms with E-state index in [1.54, 1.807) is 6.08 Å². The molecular weight excluding hydrogens is 226 g/mol. The van der Waals surface area contributed by atoms with Crippen molar-refractivity contribution in [1.82, 2.24) is 0 Å². The molecule has 1 aromatic carbocycles. The molecule has 0 amide bonds. The molecule has 1 rings (SSSR count). The lowest BCUT2D eigenvalue weighted by Gasteiger charge is -1.96. The molecule has 0 aliphatic rings. The van der Waals surface area contributed by atoms with Crippen molar-refractivity contribution in [1.29, 1.82) is 0 Å². The summed E-state index contributed by atoms with van der Waals surface area (Å²) in [6.45, 7) is 0. The quantitative estimate of drug-likeness (QED) is 0.687. The first kappa shape index (κ1) is 9.39. The third kappa shape index (κ3) is 2.14. The molecule has 0 nitrogen and oxygen atoms in total. The van der Waals surface area contributed by atoms with Gasteiger partial charge in [-0.15, -0.1) is 0 Å². The SMILES string of the molecule is Fc1cccc(F)c1C=CCBr. The number of benzene rings is 1. The van der Waals surface area contributed by atoms with E-state index in [0.717, 1.165) is 0 Å². The summed E-state index contributed by atoms with van der Waals surface area (Å²) in [7, 11) is 0. The van der Waals surface area contributed by atoms with Gasteiger partial charge in [-0.2, -0.15) is 0 Å². The number of hydrogen-bond acceptors (Lipinski definition) is 0. The normalized spacial score (nSPS) is 10.9. The van der Waals surface area contributed by atoms with E-state index in [2.05, 4.69) is 15.9 Å². The maximum Gasteiger partial charge on any atom is 0.133 e. The number of allylic oxidation sites excluding steroid dienone is 1. The van der Waals surface area contributed by atoms with Gasteiger partial charge in [0, 0.05) is 10.9 Å². The number of halogens is 3. The first-order valence-electron chi connectivity index (χ1n) is 3.42. The minimum Gasteiger partial charge on any atom is -0.206 e. The predicted molar refractivity (Wildman–Crippen MR) is 49.2 cm³/mol. The minimum absolute atomic E-state index is 0.0111. The van der Waals surface area contributed by atoms with Crippen molar-refractivity contribution in [3.05, 3.63) is 41.5 Å². The highest BCUT2D eigenvalue weighted by molar-refractivity contribution is 9.09. The fraction of sp³-hybridized carbons (Fsp3) is 0.111. The lowest BCUT2D eigenvalue weighted by Crippen LogP contribution is -1.86. The van der Waals surface area contributed by atoms with Gasteiger partial charge in [0.25, 0.3) is 0 Å². The summed E-state index contributed by atoms with van der Waals surface area (Å²) >= 11 is 3.12. The Kier molecular flexibility index (Phi) is 3.41. The van der Waals surface area contributed by atoms with Crippen LogP contribution < -0.4 is 0 Å². The molecule has 0 N–H and O–H groups in total. The maximum atomic E-state index is 12.9. The van der Waals surface area contributed by atoms with Crippen molar-refractivity contribution in [2.75, 3.05) is 5.33 Å². The van der Waals surface area contributed by atoms with Gasteiger partial charge in [0.05, 0.1) is 0 Å². The fourth-order valence-electron chi connectivity index (χ4n) is 0.832. The van der Waals surface area contributed by atoms with Crippen LogP contribution in [-0.2, 0) is 0 Å². The Hall–Kier alpha value is -0.700. The average molecular weight is 233 g/mol. The Balaban J connectivity index is 3.04. The largest absolute Gasteiger partial charge is 0.206 e. The van der Waals surface area contributed by atoms with Crippen LogP contribution >= 0.6 is 15.9 Å². The first-order chi connectivity index (χ1) is 5.75. The van der Waals surface area contributed by atoms with Crippen LogP contribution in [0.5, 0.6) is 0 Å². The van der Waals surface area contributed by atoms with E-state index in [4.69, 9.17) is 0 Å². The highest BCUT2D eigenvalue weighted by Gasteiger charge is 2.02. The summed E-state index contributed by atoms with van der Waals surface area (Å²) in [5, 5.41) is 0.584. The van der Waals surface area contributed by atoms with Crippen LogP contribution in [0.2, 0.25) is 0 Å². The molecule has 1 aromatic rings. The molecule has 0 spiro atoms. The summed E-state index contributed by atoms with van der Waals surface area (Å²) in [5.74, 6) is -1.07. The van der Waals surface area contributed by atoms with Crippen LogP contribution in [0.3, 0.4) is 0 Å². The molecule has 64 valence electrons. The number of alkyl halides is 1. The van der Waals surface area contributed by atoms with E-state index in [1.165, 1.54) is 24.3 Å². The molecule has 0 fully saturated rings. The maximum absolute atomic E-state index is 12.9. The predicted octanol–water partition coefficient (Wildman–Crippen LogP) is 3.37. The summed E-state index contributed by atoms with van der Waals surface area (Å²) < 4.78 is 25.7. The van der Waals surface area contributed by atoms with Gasteiger partial charge in [0.2, 0.25) is 0 Å². The Morgan fingerprint density at radius 2 is 1.83 bits per heavy atom. The lowest BCUT2D eigenvalue weighted by atomic mass is 10.2. The van der Waals surface area contributed by atoms with Crippen LogP contribution in [0.25, 0.3) is 6.08 Å². The Morgan fingerprint density at radius 3 is 2.33 bits per heavy atom. The van der Waals surface area contributed by atoms with E-state index in [0.29, 0.717) is 5.33 Å². The summed E-state index contributed by atoms with van der Waals surface area (Å²) in [6.07, 6.45) is 3.06. The van der Waals surface area contributed by atoms with E-state index >= 15 is 0 Å². The van der Waals surface area contributed by atoms with Crippen molar-refractivity contribution in [3.63, 3.8) is 0 Å². The van der Waals surface area contributed by atoms with Crippen molar-refractivity contribution in [2.45, 2.75) is 0 Å². The van der Waals surface area contributed by atoms with E-state index in [1.807, 2.05) is 0 Å². The molecule has 12 heavy (non-hydrogen) atoms. The summed E-state index contributed by atoms with van der Waals surface area (Å²) in [4.78, 5) is 0. The molecular formula is C9H7BrF2. The highest BCUT2D eigenvalue weighted by Crippen LogP contribution is 2.13. The smallest absolute Gasteiger partial charge is 0.133 e. The highest BCUT2D eigenvalue weighted by atomic mass is 79.9. The molecule has 0 radical (unpaired) electrons. The second-order valence-electron chi connectivity index (χ2n) is 2.19. The molecule has 0 atom stereocenters. The van der Waals surface area contributed by atoms with Crippen LogP contribution in [0, 0.1) is 11.6 Å². The monoisotopic (exact) mass is 232 g/mol. The molecule has 0 unspecified atom stereocenters. The van der Waals surface area contributed by atoms with Crippen molar-refractivity contribution < 1.29 is 8.78 Å². The van der Waals surface area contributed by atoms with E-state index in [9.17, 15) is 8.78 Å². The summed E-state index contributed by atoms with van der Waals surface area (Å²) in [6, 6.07) is 3.81. The molecule has 0 bridgehead atoms. The van der Waals surface area contributed by atoms with Crippen LogP contribution in [0.15, 0.2) is 24.3 Å². The van der Waals surface area contributed by atoms with Gasteiger partial charge < -0.3 is 0 Å². The molecule has 0 heterocycles. The molecule has 0 aliphatic carbocycles. The van der Waals surface area contributed by atoms with Crippen molar-refractivity contribution >= 4 is 22.0 Å². The zero-order valence-corrected chi connectivity index (χ0v) is 7.81. The van der Waals surface area contributed by atoms with Gasteiger partial charge in [-0.1, -0.05) is 34.1 Å². The third-order valence-electron chi connectivity index (χ3n) is 1.37. The number of hydrogen-bond donors (Lipinski definition) is 0. The van der Waals surface area contributed by atoms with Crippen LogP contribution in [0.1, 0.15) is 5.56 Å². The molecule has 0 aromatic heterocycles. The third-order valence-corrected chi connectivity index (χ3v) is 1.75.